The normalized spacial score (nSPS) is 12.1. The molecule has 0 fully saturated rings. The molecule has 0 aliphatic carbocycles. The summed E-state index contributed by atoms with van der Waals surface area (Å²) in [6.07, 6.45) is 2.03. The van der Waals surface area contributed by atoms with Crippen LogP contribution in [-0.4, -0.2) is 17.4 Å². The second kappa shape index (κ2) is 4.18. The zero-order valence-corrected chi connectivity index (χ0v) is 10.2. The van der Waals surface area contributed by atoms with Gasteiger partial charge in [-0.3, -0.25) is 0 Å². The first-order chi connectivity index (χ1) is 7.63. The number of halogens is 1. The Morgan fingerprint density at radius 2 is 2.19 bits per heavy atom. The van der Waals surface area contributed by atoms with E-state index in [2.05, 4.69) is 5.16 Å². The Balaban J connectivity index is 2.68. The molecule has 0 aliphatic rings. The summed E-state index contributed by atoms with van der Waals surface area (Å²) in [5, 5.41) is 5.82. The number of aryl methyl sites for hydroxylation is 1. The lowest BCUT2D eigenvalue weighted by atomic mass is 10.1. The van der Waals surface area contributed by atoms with Crippen molar-refractivity contribution in [3.63, 3.8) is 0 Å². The van der Waals surface area contributed by atoms with Crippen LogP contribution in [0.2, 0.25) is 5.02 Å². The molecule has 4 heteroatoms. The van der Waals surface area contributed by atoms with E-state index in [-0.39, 0.29) is 0 Å². The largest absolute Gasteiger partial charge is 0.399 e. The summed E-state index contributed by atoms with van der Waals surface area (Å²) in [5.41, 5.74) is 3.01. The summed E-state index contributed by atoms with van der Waals surface area (Å²) in [5.74, 6) is 0. The van der Waals surface area contributed by atoms with Crippen LogP contribution in [0.3, 0.4) is 0 Å². The SMILES string of the molecule is CON=C(C)c1cn(C)c2cc(Cl)ccc12. The van der Waals surface area contributed by atoms with Crippen LogP contribution in [0, 0.1) is 0 Å². The molecule has 2 rings (SSSR count). The third-order valence-electron chi connectivity index (χ3n) is 2.57. The number of rotatable bonds is 2. The predicted octanol–water partition coefficient (Wildman–Crippen LogP) is 3.20. The molecule has 84 valence electrons. The van der Waals surface area contributed by atoms with Crippen molar-refractivity contribution in [2.45, 2.75) is 6.92 Å². The van der Waals surface area contributed by atoms with Gasteiger partial charge >= 0.3 is 0 Å². The first-order valence-corrected chi connectivity index (χ1v) is 5.34. The van der Waals surface area contributed by atoms with E-state index >= 15 is 0 Å². The lowest BCUT2D eigenvalue weighted by Gasteiger charge is -1.98. The van der Waals surface area contributed by atoms with Crippen molar-refractivity contribution < 1.29 is 4.84 Å². The molecule has 2 aromatic rings. The van der Waals surface area contributed by atoms with Crippen molar-refractivity contribution in [2.75, 3.05) is 7.11 Å². The average molecular weight is 237 g/mol. The maximum atomic E-state index is 5.97. The molecule has 0 atom stereocenters. The molecule has 0 unspecified atom stereocenters. The topological polar surface area (TPSA) is 26.5 Å². The summed E-state index contributed by atoms with van der Waals surface area (Å²) in [4.78, 5) is 4.79. The van der Waals surface area contributed by atoms with E-state index in [9.17, 15) is 0 Å². The molecule has 0 aliphatic heterocycles. The van der Waals surface area contributed by atoms with E-state index in [0.29, 0.717) is 0 Å². The van der Waals surface area contributed by atoms with Crippen molar-refractivity contribution >= 4 is 28.2 Å². The van der Waals surface area contributed by atoms with Gasteiger partial charge in [0.05, 0.1) is 5.71 Å². The molecule has 1 aromatic heterocycles. The predicted molar refractivity (Wildman–Crippen MR) is 67.1 cm³/mol. The first kappa shape index (κ1) is 11.0. The molecule has 0 N–H and O–H groups in total. The van der Waals surface area contributed by atoms with Crippen molar-refractivity contribution in [1.29, 1.82) is 0 Å². The van der Waals surface area contributed by atoms with Crippen LogP contribution < -0.4 is 0 Å². The second-order valence-corrected chi connectivity index (χ2v) is 4.11. The molecule has 0 amide bonds. The molecular weight excluding hydrogens is 224 g/mol. The molecule has 1 aromatic carbocycles. The van der Waals surface area contributed by atoms with Gasteiger partial charge in [0, 0.05) is 34.7 Å². The molecule has 1 heterocycles. The number of nitrogens with zero attached hydrogens (tertiary/aromatic N) is 2. The smallest absolute Gasteiger partial charge is 0.106 e. The number of hydrogen-bond donors (Lipinski definition) is 0. The minimum Gasteiger partial charge on any atom is -0.399 e. The van der Waals surface area contributed by atoms with Crippen LogP contribution in [0.4, 0.5) is 0 Å². The van der Waals surface area contributed by atoms with E-state index in [4.69, 9.17) is 16.4 Å². The van der Waals surface area contributed by atoms with Gasteiger partial charge in [-0.25, -0.2) is 0 Å². The highest BCUT2D eigenvalue weighted by molar-refractivity contribution is 6.31. The van der Waals surface area contributed by atoms with Crippen LogP contribution in [0.25, 0.3) is 10.9 Å². The third kappa shape index (κ3) is 1.78. The van der Waals surface area contributed by atoms with Crippen molar-refractivity contribution in [3.05, 3.63) is 35.0 Å². The highest BCUT2D eigenvalue weighted by atomic mass is 35.5. The van der Waals surface area contributed by atoms with Gasteiger partial charge in [0.25, 0.3) is 0 Å². The van der Waals surface area contributed by atoms with Gasteiger partial charge in [-0.15, -0.1) is 0 Å². The minimum atomic E-state index is 0.738. The number of benzene rings is 1. The molecule has 0 bridgehead atoms. The fraction of sp³-hybridized carbons (Fsp3) is 0.250. The van der Waals surface area contributed by atoms with E-state index in [1.54, 1.807) is 7.11 Å². The molecule has 16 heavy (non-hydrogen) atoms. The number of fused-ring (bicyclic) bond motifs is 1. The fourth-order valence-electron chi connectivity index (χ4n) is 1.83. The maximum Gasteiger partial charge on any atom is 0.106 e. The van der Waals surface area contributed by atoms with E-state index < -0.39 is 0 Å². The Bertz CT molecular complexity index is 557. The zero-order chi connectivity index (χ0) is 11.7. The molecule has 0 spiro atoms. The van der Waals surface area contributed by atoms with Crippen LogP contribution in [-0.2, 0) is 11.9 Å². The molecular formula is C12H13ClN2O. The molecule has 0 radical (unpaired) electrons. The Kier molecular flexibility index (Phi) is 2.88. The first-order valence-electron chi connectivity index (χ1n) is 4.96. The van der Waals surface area contributed by atoms with Crippen LogP contribution in [0.15, 0.2) is 29.6 Å². The highest BCUT2D eigenvalue weighted by Gasteiger charge is 2.09. The summed E-state index contributed by atoms with van der Waals surface area (Å²) < 4.78 is 2.03. The van der Waals surface area contributed by atoms with Crippen LogP contribution in [0.5, 0.6) is 0 Å². The van der Waals surface area contributed by atoms with Gasteiger partial charge in [0.1, 0.15) is 7.11 Å². The Morgan fingerprint density at radius 1 is 1.44 bits per heavy atom. The van der Waals surface area contributed by atoms with E-state index in [0.717, 1.165) is 27.2 Å². The van der Waals surface area contributed by atoms with Gasteiger partial charge in [0.2, 0.25) is 0 Å². The Hall–Kier alpha value is -1.48. The lowest BCUT2D eigenvalue weighted by molar-refractivity contribution is 0.213. The average Bonchev–Trinajstić information content (AvgIpc) is 2.56. The van der Waals surface area contributed by atoms with Crippen molar-refractivity contribution in [3.8, 4) is 0 Å². The molecule has 0 saturated carbocycles. The Morgan fingerprint density at radius 3 is 2.88 bits per heavy atom. The van der Waals surface area contributed by atoms with Gasteiger partial charge in [-0.05, 0) is 19.1 Å². The number of aromatic nitrogens is 1. The highest BCUT2D eigenvalue weighted by Crippen LogP contribution is 2.24. The third-order valence-corrected chi connectivity index (χ3v) is 2.81. The molecule has 3 nitrogen and oxygen atoms in total. The van der Waals surface area contributed by atoms with E-state index in [1.165, 1.54) is 0 Å². The van der Waals surface area contributed by atoms with Crippen LogP contribution in [0.1, 0.15) is 12.5 Å². The standard InChI is InChI=1S/C12H13ClN2O/c1-8(14-16-3)11-7-15(2)12-6-9(13)4-5-10(11)12/h4-7H,1-3H3. The van der Waals surface area contributed by atoms with Crippen molar-refractivity contribution in [2.24, 2.45) is 12.2 Å². The van der Waals surface area contributed by atoms with Crippen molar-refractivity contribution in [1.82, 2.24) is 4.57 Å². The van der Waals surface area contributed by atoms with Gasteiger partial charge in [-0.2, -0.15) is 0 Å². The molecule has 0 saturated heterocycles. The quantitative estimate of drug-likeness (QED) is 0.581. The van der Waals surface area contributed by atoms with Crippen LogP contribution >= 0.6 is 11.6 Å². The number of hydrogen-bond acceptors (Lipinski definition) is 2. The monoisotopic (exact) mass is 236 g/mol. The minimum absolute atomic E-state index is 0.738. The van der Waals surface area contributed by atoms with Gasteiger partial charge in [0.15, 0.2) is 0 Å². The number of oxime groups is 1. The van der Waals surface area contributed by atoms with Gasteiger partial charge < -0.3 is 9.40 Å². The van der Waals surface area contributed by atoms with Gasteiger partial charge in [-0.1, -0.05) is 22.8 Å². The Labute approximate surface area is 99.3 Å². The summed E-state index contributed by atoms with van der Waals surface area (Å²) >= 11 is 5.97. The summed E-state index contributed by atoms with van der Waals surface area (Å²) in [6, 6.07) is 5.83. The fourth-order valence-corrected chi connectivity index (χ4v) is 2.00. The summed E-state index contributed by atoms with van der Waals surface area (Å²) in [7, 11) is 3.54. The lowest BCUT2D eigenvalue weighted by Crippen LogP contribution is -1.93. The second-order valence-electron chi connectivity index (χ2n) is 3.67. The van der Waals surface area contributed by atoms with E-state index in [1.807, 2.05) is 42.9 Å². The maximum absolute atomic E-state index is 5.97. The summed E-state index contributed by atoms with van der Waals surface area (Å²) in [6.45, 7) is 1.92. The zero-order valence-electron chi connectivity index (χ0n) is 9.49.